The molecule has 28 heavy (non-hydrogen) atoms. The number of amides is 1. The van der Waals surface area contributed by atoms with Gasteiger partial charge in [-0.15, -0.1) is 11.3 Å². The van der Waals surface area contributed by atoms with E-state index in [-0.39, 0.29) is 9.90 Å². The van der Waals surface area contributed by atoms with Gasteiger partial charge in [-0.3, -0.25) is 9.10 Å². The molecule has 3 aromatic rings. The highest BCUT2D eigenvalue weighted by molar-refractivity contribution is 9.10. The second kappa shape index (κ2) is 8.60. The number of hydrogen-bond donors (Lipinski definition) is 1. The molecule has 0 spiro atoms. The number of rotatable bonds is 6. The third-order valence-corrected chi connectivity index (χ3v) is 8.02. The summed E-state index contributed by atoms with van der Waals surface area (Å²) in [6, 6.07) is 12.8. The van der Waals surface area contributed by atoms with Crippen molar-refractivity contribution in [3.05, 3.63) is 75.3 Å². The Hall–Kier alpha value is -1.94. The number of halogens is 3. The van der Waals surface area contributed by atoms with Gasteiger partial charge in [-0.2, -0.15) is 0 Å². The van der Waals surface area contributed by atoms with Crippen molar-refractivity contribution in [1.29, 1.82) is 0 Å². The lowest BCUT2D eigenvalue weighted by molar-refractivity contribution is -0.114. The predicted molar refractivity (Wildman–Crippen MR) is 113 cm³/mol. The van der Waals surface area contributed by atoms with Crippen molar-refractivity contribution in [2.45, 2.75) is 4.21 Å². The molecule has 0 bridgehead atoms. The third kappa shape index (κ3) is 4.72. The van der Waals surface area contributed by atoms with Crippen molar-refractivity contribution < 1.29 is 17.6 Å². The highest BCUT2D eigenvalue weighted by Crippen LogP contribution is 2.28. The number of nitrogens with one attached hydrogen (secondary N) is 1. The van der Waals surface area contributed by atoms with E-state index < -0.39 is 28.3 Å². The molecule has 10 heteroatoms. The first-order valence-corrected chi connectivity index (χ1v) is 11.3. The van der Waals surface area contributed by atoms with Crippen molar-refractivity contribution in [1.82, 2.24) is 0 Å². The average Bonchev–Trinajstić information content (AvgIpc) is 3.19. The summed E-state index contributed by atoms with van der Waals surface area (Å²) < 4.78 is 41.0. The van der Waals surface area contributed by atoms with Gasteiger partial charge in [0.2, 0.25) is 5.91 Å². The summed E-state index contributed by atoms with van der Waals surface area (Å²) in [6.07, 6.45) is 0. The number of thiophene rings is 1. The van der Waals surface area contributed by atoms with Gasteiger partial charge in [0.1, 0.15) is 16.6 Å². The summed E-state index contributed by atoms with van der Waals surface area (Å²) in [5.41, 5.74) is 0.601. The normalized spacial score (nSPS) is 11.2. The van der Waals surface area contributed by atoms with Crippen LogP contribution < -0.4 is 9.62 Å². The van der Waals surface area contributed by atoms with Gasteiger partial charge in [-0.05, 0) is 69.8 Å². The molecule has 5 nitrogen and oxygen atoms in total. The summed E-state index contributed by atoms with van der Waals surface area (Å²) in [6.45, 7) is -0.487. The summed E-state index contributed by atoms with van der Waals surface area (Å²) in [7, 11) is -3.99. The molecule has 1 heterocycles. The Balaban J connectivity index is 1.89. The monoisotopic (exact) mass is 502 g/mol. The largest absolute Gasteiger partial charge is 0.324 e. The second-order valence-electron chi connectivity index (χ2n) is 5.60. The molecule has 0 saturated carbocycles. The van der Waals surface area contributed by atoms with Crippen LogP contribution in [0.2, 0.25) is 5.02 Å². The molecular weight excluding hydrogens is 491 g/mol. The maximum absolute atomic E-state index is 13.3. The summed E-state index contributed by atoms with van der Waals surface area (Å²) in [5, 5.41) is 4.64. The molecule has 3 rings (SSSR count). The molecular formula is C18H13BrClFN2O3S2. The van der Waals surface area contributed by atoms with Crippen LogP contribution in [0.15, 0.2) is 68.7 Å². The van der Waals surface area contributed by atoms with Crippen LogP contribution in [0.25, 0.3) is 0 Å². The Kier molecular flexibility index (Phi) is 6.39. The van der Waals surface area contributed by atoms with Crippen LogP contribution in [0.3, 0.4) is 0 Å². The Morgan fingerprint density at radius 1 is 1.18 bits per heavy atom. The molecule has 0 unspecified atom stereocenters. The molecule has 2 aromatic carbocycles. The molecule has 1 N–H and O–H groups in total. The van der Waals surface area contributed by atoms with Gasteiger partial charge in [-0.25, -0.2) is 12.8 Å². The fraction of sp³-hybridized carbons (Fsp3) is 0.0556. The van der Waals surface area contributed by atoms with E-state index in [0.717, 1.165) is 27.8 Å². The molecule has 0 radical (unpaired) electrons. The topological polar surface area (TPSA) is 66.5 Å². The molecule has 146 valence electrons. The van der Waals surface area contributed by atoms with Crippen molar-refractivity contribution >= 4 is 66.2 Å². The first kappa shape index (κ1) is 20.8. The van der Waals surface area contributed by atoms with Crippen molar-refractivity contribution in [3.8, 4) is 0 Å². The van der Waals surface area contributed by atoms with Gasteiger partial charge in [0.15, 0.2) is 0 Å². The molecule has 0 fully saturated rings. The number of sulfonamides is 1. The smallest absolute Gasteiger partial charge is 0.274 e. The van der Waals surface area contributed by atoms with Gasteiger partial charge < -0.3 is 5.32 Å². The molecule has 0 aliphatic heterocycles. The van der Waals surface area contributed by atoms with Crippen molar-refractivity contribution in [2.24, 2.45) is 0 Å². The zero-order chi connectivity index (χ0) is 20.3. The number of carbonyl (C=O) groups is 1. The third-order valence-electron chi connectivity index (χ3n) is 3.64. The molecule has 0 aliphatic carbocycles. The van der Waals surface area contributed by atoms with Crippen LogP contribution in [0.4, 0.5) is 15.8 Å². The second-order valence-corrected chi connectivity index (χ2v) is 9.90. The minimum Gasteiger partial charge on any atom is -0.324 e. The first-order chi connectivity index (χ1) is 13.3. The van der Waals surface area contributed by atoms with Crippen molar-refractivity contribution in [3.63, 3.8) is 0 Å². The minimum atomic E-state index is -3.99. The van der Waals surface area contributed by atoms with Crippen molar-refractivity contribution in [2.75, 3.05) is 16.2 Å². The molecule has 0 saturated heterocycles. The lowest BCUT2D eigenvalue weighted by Gasteiger charge is -2.23. The van der Waals surface area contributed by atoms with E-state index in [1.54, 1.807) is 29.6 Å². The van der Waals surface area contributed by atoms with Crippen LogP contribution in [0, 0.1) is 5.82 Å². The van der Waals surface area contributed by atoms with Gasteiger partial charge in [0, 0.05) is 10.2 Å². The lowest BCUT2D eigenvalue weighted by Crippen LogP contribution is -2.37. The fourth-order valence-electron chi connectivity index (χ4n) is 2.35. The maximum atomic E-state index is 13.3. The Labute approximate surface area is 178 Å². The van der Waals surface area contributed by atoms with E-state index >= 15 is 0 Å². The van der Waals surface area contributed by atoms with E-state index in [9.17, 15) is 17.6 Å². The van der Waals surface area contributed by atoms with Crippen LogP contribution >= 0.6 is 38.9 Å². The lowest BCUT2D eigenvalue weighted by atomic mass is 10.3. The van der Waals surface area contributed by atoms with Crippen LogP contribution in [0.1, 0.15) is 0 Å². The number of anilines is 2. The Bertz CT molecular complexity index is 1090. The van der Waals surface area contributed by atoms with Crippen LogP contribution in [0.5, 0.6) is 0 Å². The fourth-order valence-corrected chi connectivity index (χ4v) is 5.30. The zero-order valence-corrected chi connectivity index (χ0v) is 18.1. The molecule has 0 atom stereocenters. The highest BCUT2D eigenvalue weighted by Gasteiger charge is 2.28. The van der Waals surface area contributed by atoms with Gasteiger partial charge in [-0.1, -0.05) is 17.7 Å². The Morgan fingerprint density at radius 3 is 2.50 bits per heavy atom. The van der Waals surface area contributed by atoms with E-state index in [2.05, 4.69) is 21.2 Å². The zero-order valence-electron chi connectivity index (χ0n) is 14.1. The summed E-state index contributed by atoms with van der Waals surface area (Å²) in [4.78, 5) is 12.5. The number of hydrogen-bond acceptors (Lipinski definition) is 4. The number of benzene rings is 2. The van der Waals surface area contributed by atoms with E-state index in [0.29, 0.717) is 15.2 Å². The average molecular weight is 504 g/mol. The highest BCUT2D eigenvalue weighted by atomic mass is 79.9. The van der Waals surface area contributed by atoms with Crippen LogP contribution in [-0.4, -0.2) is 20.9 Å². The molecule has 1 amide bonds. The molecule has 1 aromatic heterocycles. The summed E-state index contributed by atoms with van der Waals surface area (Å²) in [5.74, 6) is -1.07. The summed E-state index contributed by atoms with van der Waals surface area (Å²) >= 11 is 10.3. The number of nitrogens with zero attached hydrogens (tertiary/aromatic N) is 1. The Morgan fingerprint density at radius 2 is 1.89 bits per heavy atom. The van der Waals surface area contributed by atoms with E-state index in [1.807, 2.05) is 0 Å². The number of carbonyl (C=O) groups excluding carboxylic acids is 1. The standard InChI is InChI=1S/C18H13BrClFN2O3S2/c19-15-8-5-13(10-16(15)20)22-17(24)11-23(14-6-3-12(21)4-7-14)28(25,26)18-2-1-9-27-18/h1-10H,11H2,(H,22,24). The van der Waals surface area contributed by atoms with Gasteiger partial charge in [0.25, 0.3) is 10.0 Å². The maximum Gasteiger partial charge on any atom is 0.274 e. The van der Waals surface area contributed by atoms with Gasteiger partial charge in [0.05, 0.1) is 10.7 Å². The van der Waals surface area contributed by atoms with E-state index in [1.165, 1.54) is 18.2 Å². The van der Waals surface area contributed by atoms with Crippen LogP contribution in [-0.2, 0) is 14.8 Å². The SMILES string of the molecule is O=C(CN(c1ccc(F)cc1)S(=O)(=O)c1cccs1)Nc1ccc(Br)c(Cl)c1. The first-order valence-electron chi connectivity index (χ1n) is 7.84. The predicted octanol–water partition coefficient (Wildman–Crippen LogP) is 5.14. The minimum absolute atomic E-state index is 0.0799. The quantitative estimate of drug-likeness (QED) is 0.507. The van der Waals surface area contributed by atoms with E-state index in [4.69, 9.17) is 11.6 Å². The van der Waals surface area contributed by atoms with Gasteiger partial charge >= 0.3 is 0 Å². The molecule has 0 aliphatic rings.